The second-order valence-corrected chi connectivity index (χ2v) is 7.31. The van der Waals surface area contributed by atoms with Crippen molar-refractivity contribution in [3.05, 3.63) is 84.2 Å². The first kappa shape index (κ1) is 19.4. The van der Waals surface area contributed by atoms with Gasteiger partial charge in [0.2, 0.25) is 0 Å². The molecule has 1 heterocycles. The van der Waals surface area contributed by atoms with Crippen molar-refractivity contribution in [3.63, 3.8) is 0 Å². The van der Waals surface area contributed by atoms with E-state index < -0.39 is 0 Å². The van der Waals surface area contributed by atoms with Gasteiger partial charge in [-0.1, -0.05) is 12.1 Å². The average molecular weight is 397 g/mol. The van der Waals surface area contributed by atoms with Gasteiger partial charge in [-0.3, -0.25) is 14.8 Å². The fourth-order valence-corrected chi connectivity index (χ4v) is 3.16. The molecule has 0 aliphatic carbocycles. The van der Waals surface area contributed by atoms with E-state index in [2.05, 4.69) is 20.6 Å². The van der Waals surface area contributed by atoms with E-state index in [0.29, 0.717) is 5.56 Å². The molecule has 6 nitrogen and oxygen atoms in total. The Balaban J connectivity index is 1.55. The molecule has 6 heteroatoms. The Kier molecular flexibility index (Phi) is 5.30. The van der Waals surface area contributed by atoms with E-state index in [4.69, 9.17) is 0 Å². The van der Waals surface area contributed by atoms with Gasteiger partial charge in [0.1, 0.15) is 0 Å². The lowest BCUT2D eigenvalue weighted by Crippen LogP contribution is -2.14. The largest absolute Gasteiger partial charge is 0.378 e. The van der Waals surface area contributed by atoms with Crippen molar-refractivity contribution in [1.29, 1.82) is 0 Å². The van der Waals surface area contributed by atoms with E-state index in [1.165, 1.54) is 0 Å². The number of carbonyl (C=O) groups is 1. The van der Waals surface area contributed by atoms with E-state index in [9.17, 15) is 4.79 Å². The van der Waals surface area contributed by atoms with E-state index in [1.54, 1.807) is 12.4 Å². The summed E-state index contributed by atoms with van der Waals surface area (Å²) in [6.45, 7) is 2.02. The lowest BCUT2D eigenvalue weighted by molar-refractivity contribution is 0.102. The fraction of sp³-hybridized carbons (Fsp3) is 0.125. The maximum atomic E-state index is 12.7. The van der Waals surface area contributed by atoms with Crippen LogP contribution in [0.3, 0.4) is 0 Å². The fourth-order valence-electron chi connectivity index (χ4n) is 3.16. The molecule has 0 aliphatic heterocycles. The third-order valence-corrected chi connectivity index (χ3v) is 4.87. The van der Waals surface area contributed by atoms with Crippen LogP contribution in [-0.4, -0.2) is 30.0 Å². The molecule has 0 saturated heterocycles. The number of fused-ring (bicyclic) bond motifs is 1. The van der Waals surface area contributed by atoms with Crippen molar-refractivity contribution in [3.8, 4) is 0 Å². The van der Waals surface area contributed by atoms with Crippen molar-refractivity contribution in [2.45, 2.75) is 6.92 Å². The Morgan fingerprint density at radius 2 is 1.63 bits per heavy atom. The molecule has 30 heavy (non-hydrogen) atoms. The lowest BCUT2D eigenvalue weighted by atomic mass is 10.1. The zero-order valence-electron chi connectivity index (χ0n) is 17.2. The SMILES string of the molecule is Cc1ccc(NC(=O)c2cccc(N(C)C)c2)cc1Nc1ccc2nccnc2c1. The van der Waals surface area contributed by atoms with Crippen LogP contribution in [0.1, 0.15) is 15.9 Å². The molecule has 0 spiro atoms. The Hall–Kier alpha value is -3.93. The molecule has 150 valence electrons. The van der Waals surface area contributed by atoms with Gasteiger partial charge >= 0.3 is 0 Å². The Morgan fingerprint density at radius 1 is 0.867 bits per heavy atom. The number of benzene rings is 3. The van der Waals surface area contributed by atoms with E-state index >= 15 is 0 Å². The zero-order valence-corrected chi connectivity index (χ0v) is 17.2. The Morgan fingerprint density at radius 3 is 2.43 bits per heavy atom. The molecule has 0 saturated carbocycles. The summed E-state index contributed by atoms with van der Waals surface area (Å²) in [6.07, 6.45) is 3.36. The summed E-state index contributed by atoms with van der Waals surface area (Å²) in [4.78, 5) is 23.3. The molecule has 4 rings (SSSR count). The van der Waals surface area contributed by atoms with Gasteiger partial charge in [0, 0.05) is 54.8 Å². The summed E-state index contributed by atoms with van der Waals surface area (Å²) in [5, 5.41) is 6.40. The highest BCUT2D eigenvalue weighted by Crippen LogP contribution is 2.26. The molecule has 2 N–H and O–H groups in total. The standard InChI is InChI=1S/C24H23N5O/c1-16-7-8-19(28-24(30)17-5-4-6-20(13-17)29(2)3)14-22(16)27-18-9-10-21-23(15-18)26-12-11-25-21/h4-15,27H,1-3H3,(H,28,30). The van der Waals surface area contributed by atoms with Crippen molar-refractivity contribution >= 4 is 39.7 Å². The topological polar surface area (TPSA) is 70.2 Å². The maximum absolute atomic E-state index is 12.7. The minimum atomic E-state index is -0.144. The van der Waals surface area contributed by atoms with Crippen molar-refractivity contribution in [1.82, 2.24) is 9.97 Å². The average Bonchev–Trinajstić information content (AvgIpc) is 2.76. The Bertz CT molecular complexity index is 1220. The third kappa shape index (κ3) is 4.22. The maximum Gasteiger partial charge on any atom is 0.255 e. The first-order chi connectivity index (χ1) is 14.5. The molecule has 0 bridgehead atoms. The van der Waals surface area contributed by atoms with E-state index in [0.717, 1.165) is 39.3 Å². The minimum absolute atomic E-state index is 0.144. The molecule has 0 unspecified atom stereocenters. The number of aromatic nitrogens is 2. The van der Waals surface area contributed by atoms with Crippen LogP contribution in [0.2, 0.25) is 0 Å². The molecule has 0 aliphatic rings. The number of hydrogen-bond donors (Lipinski definition) is 2. The second kappa shape index (κ2) is 8.21. The summed E-state index contributed by atoms with van der Waals surface area (Å²) in [5.74, 6) is -0.144. The van der Waals surface area contributed by atoms with Gasteiger partial charge in [0.25, 0.3) is 5.91 Å². The van der Waals surface area contributed by atoms with Gasteiger partial charge in [-0.2, -0.15) is 0 Å². The number of carbonyl (C=O) groups excluding carboxylic acids is 1. The highest BCUT2D eigenvalue weighted by atomic mass is 16.1. The van der Waals surface area contributed by atoms with Crippen LogP contribution in [-0.2, 0) is 0 Å². The molecule has 4 aromatic rings. The van der Waals surface area contributed by atoms with Crippen molar-refractivity contribution < 1.29 is 4.79 Å². The molecule has 0 fully saturated rings. The molecule has 1 aromatic heterocycles. The van der Waals surface area contributed by atoms with Crippen LogP contribution in [0, 0.1) is 6.92 Å². The summed E-state index contributed by atoms with van der Waals surface area (Å²) in [6, 6.07) is 19.2. The second-order valence-electron chi connectivity index (χ2n) is 7.31. The van der Waals surface area contributed by atoms with Crippen molar-refractivity contribution in [2.75, 3.05) is 29.6 Å². The van der Waals surface area contributed by atoms with Gasteiger partial charge in [0.15, 0.2) is 0 Å². The summed E-state index contributed by atoms with van der Waals surface area (Å²) in [7, 11) is 3.90. The number of nitrogens with zero attached hydrogens (tertiary/aromatic N) is 3. The van der Waals surface area contributed by atoms with Gasteiger partial charge in [-0.05, 0) is 61.0 Å². The first-order valence-electron chi connectivity index (χ1n) is 9.67. The smallest absolute Gasteiger partial charge is 0.255 e. The lowest BCUT2D eigenvalue weighted by Gasteiger charge is -2.15. The summed E-state index contributed by atoms with van der Waals surface area (Å²) in [5.41, 5.74) is 6.89. The highest BCUT2D eigenvalue weighted by molar-refractivity contribution is 6.05. The van der Waals surface area contributed by atoms with Crippen LogP contribution < -0.4 is 15.5 Å². The Labute approximate surface area is 175 Å². The molecule has 0 atom stereocenters. The van der Waals surface area contributed by atoms with E-state index in [-0.39, 0.29) is 5.91 Å². The van der Waals surface area contributed by atoms with Crippen LogP contribution in [0.5, 0.6) is 0 Å². The van der Waals surface area contributed by atoms with Gasteiger partial charge in [-0.25, -0.2) is 0 Å². The quantitative estimate of drug-likeness (QED) is 0.496. The predicted molar refractivity (Wildman–Crippen MR) is 123 cm³/mol. The van der Waals surface area contributed by atoms with Crippen LogP contribution in [0.15, 0.2) is 73.1 Å². The van der Waals surface area contributed by atoms with Crippen LogP contribution in [0.4, 0.5) is 22.7 Å². The monoisotopic (exact) mass is 397 g/mol. The van der Waals surface area contributed by atoms with Gasteiger partial charge in [-0.15, -0.1) is 0 Å². The normalized spacial score (nSPS) is 10.6. The first-order valence-corrected chi connectivity index (χ1v) is 9.67. The molecule has 1 amide bonds. The van der Waals surface area contributed by atoms with Gasteiger partial charge in [0.05, 0.1) is 11.0 Å². The van der Waals surface area contributed by atoms with Crippen molar-refractivity contribution in [2.24, 2.45) is 0 Å². The highest BCUT2D eigenvalue weighted by Gasteiger charge is 2.09. The third-order valence-electron chi connectivity index (χ3n) is 4.87. The number of amides is 1. The van der Waals surface area contributed by atoms with Gasteiger partial charge < -0.3 is 15.5 Å². The summed E-state index contributed by atoms with van der Waals surface area (Å²) >= 11 is 0. The van der Waals surface area contributed by atoms with Crippen LogP contribution >= 0.6 is 0 Å². The number of rotatable bonds is 5. The number of nitrogens with one attached hydrogen (secondary N) is 2. The van der Waals surface area contributed by atoms with E-state index in [1.807, 2.05) is 86.6 Å². The molecular formula is C24H23N5O. The minimum Gasteiger partial charge on any atom is -0.378 e. The predicted octanol–water partition coefficient (Wildman–Crippen LogP) is 5.00. The summed E-state index contributed by atoms with van der Waals surface area (Å²) < 4.78 is 0. The molecule has 0 radical (unpaired) electrons. The zero-order chi connectivity index (χ0) is 21.1. The number of hydrogen-bond acceptors (Lipinski definition) is 5. The van der Waals surface area contributed by atoms with Crippen LogP contribution in [0.25, 0.3) is 11.0 Å². The number of anilines is 4. The molecular weight excluding hydrogens is 374 g/mol. The number of aryl methyl sites for hydroxylation is 1. The molecule has 3 aromatic carbocycles.